The number of thiazole rings is 1. The van der Waals surface area contributed by atoms with Crippen LogP contribution in [0.3, 0.4) is 0 Å². The van der Waals surface area contributed by atoms with E-state index in [-0.39, 0.29) is 6.10 Å². The second-order valence-electron chi connectivity index (χ2n) is 5.42. The summed E-state index contributed by atoms with van der Waals surface area (Å²) in [5.74, 6) is 1.61. The highest BCUT2D eigenvalue weighted by Crippen LogP contribution is 2.22. The molecule has 0 spiro atoms. The van der Waals surface area contributed by atoms with Gasteiger partial charge in [-0.25, -0.2) is 14.6 Å². The molecule has 0 saturated carbocycles. The summed E-state index contributed by atoms with van der Waals surface area (Å²) in [5, 5.41) is 7.68. The summed E-state index contributed by atoms with van der Waals surface area (Å²) < 4.78 is 8.53. The SMILES string of the molecule is CCOC(C)c1nc(Cn2nc(-c3ccc(Br)cc3)nc2C)cs1. The molecule has 3 rings (SSSR count). The molecule has 0 aliphatic heterocycles. The van der Waals surface area contributed by atoms with Crippen molar-refractivity contribution in [2.75, 3.05) is 6.61 Å². The van der Waals surface area contributed by atoms with Crippen LogP contribution in [-0.4, -0.2) is 26.4 Å². The second-order valence-corrected chi connectivity index (χ2v) is 7.23. The van der Waals surface area contributed by atoms with Crippen LogP contribution in [0, 0.1) is 6.92 Å². The van der Waals surface area contributed by atoms with Gasteiger partial charge in [-0.05, 0) is 32.9 Å². The van der Waals surface area contributed by atoms with Crippen molar-refractivity contribution in [3.05, 3.63) is 50.6 Å². The highest BCUT2D eigenvalue weighted by atomic mass is 79.9. The van der Waals surface area contributed by atoms with Crippen LogP contribution in [0.1, 0.15) is 36.5 Å². The van der Waals surface area contributed by atoms with Crippen LogP contribution < -0.4 is 0 Å². The van der Waals surface area contributed by atoms with Gasteiger partial charge in [-0.2, -0.15) is 5.10 Å². The maximum absolute atomic E-state index is 5.60. The monoisotopic (exact) mass is 406 g/mol. The lowest BCUT2D eigenvalue weighted by atomic mass is 10.2. The molecule has 0 aliphatic carbocycles. The Balaban J connectivity index is 1.77. The molecule has 0 fully saturated rings. The van der Waals surface area contributed by atoms with E-state index in [4.69, 9.17) is 4.74 Å². The molecule has 3 aromatic rings. The van der Waals surface area contributed by atoms with Gasteiger partial charge in [-0.1, -0.05) is 28.1 Å². The molecular weight excluding hydrogens is 388 g/mol. The summed E-state index contributed by atoms with van der Waals surface area (Å²) >= 11 is 5.07. The predicted molar refractivity (Wildman–Crippen MR) is 99.2 cm³/mol. The van der Waals surface area contributed by atoms with Gasteiger partial charge in [-0.3, -0.25) is 0 Å². The highest BCUT2D eigenvalue weighted by molar-refractivity contribution is 9.10. The van der Waals surface area contributed by atoms with Crippen LogP contribution in [0.4, 0.5) is 0 Å². The van der Waals surface area contributed by atoms with E-state index in [1.807, 2.05) is 49.7 Å². The number of aryl methyl sites for hydroxylation is 1. The molecule has 1 atom stereocenters. The molecule has 0 N–H and O–H groups in total. The fraction of sp³-hybridized carbons (Fsp3) is 0.353. The first-order valence-corrected chi connectivity index (χ1v) is 9.47. The van der Waals surface area contributed by atoms with E-state index < -0.39 is 0 Å². The van der Waals surface area contributed by atoms with Gasteiger partial charge in [0.2, 0.25) is 0 Å². The lowest BCUT2D eigenvalue weighted by Crippen LogP contribution is -2.05. The molecule has 0 radical (unpaired) electrons. The average molecular weight is 407 g/mol. The van der Waals surface area contributed by atoms with E-state index in [9.17, 15) is 0 Å². The minimum absolute atomic E-state index is 0.0314. The first kappa shape index (κ1) is 17.3. The van der Waals surface area contributed by atoms with Crippen molar-refractivity contribution in [1.82, 2.24) is 19.7 Å². The van der Waals surface area contributed by atoms with Gasteiger partial charge >= 0.3 is 0 Å². The molecule has 24 heavy (non-hydrogen) atoms. The number of nitrogens with zero attached hydrogens (tertiary/aromatic N) is 4. The summed E-state index contributed by atoms with van der Waals surface area (Å²) in [6.45, 7) is 7.29. The number of hydrogen-bond acceptors (Lipinski definition) is 5. The number of rotatable bonds is 6. The van der Waals surface area contributed by atoms with Crippen LogP contribution >= 0.6 is 27.3 Å². The van der Waals surface area contributed by atoms with Crippen molar-refractivity contribution in [3.63, 3.8) is 0 Å². The number of hydrogen-bond donors (Lipinski definition) is 0. The van der Waals surface area contributed by atoms with Crippen LogP contribution in [-0.2, 0) is 11.3 Å². The predicted octanol–water partition coefficient (Wildman–Crippen LogP) is 4.62. The minimum Gasteiger partial charge on any atom is -0.372 e. The van der Waals surface area contributed by atoms with Crippen LogP contribution in [0.5, 0.6) is 0 Å². The second kappa shape index (κ2) is 7.55. The van der Waals surface area contributed by atoms with E-state index in [1.54, 1.807) is 11.3 Å². The minimum atomic E-state index is 0.0314. The Morgan fingerprint density at radius 2 is 2.00 bits per heavy atom. The normalized spacial score (nSPS) is 12.5. The van der Waals surface area contributed by atoms with E-state index in [2.05, 4.69) is 36.4 Å². The van der Waals surface area contributed by atoms with Gasteiger partial charge in [-0.15, -0.1) is 11.3 Å². The third-order valence-electron chi connectivity index (χ3n) is 3.60. The summed E-state index contributed by atoms with van der Waals surface area (Å²) in [7, 11) is 0. The average Bonchev–Trinajstić information content (AvgIpc) is 3.16. The van der Waals surface area contributed by atoms with Gasteiger partial charge in [0.25, 0.3) is 0 Å². The zero-order valence-corrected chi connectivity index (χ0v) is 16.3. The lowest BCUT2D eigenvalue weighted by molar-refractivity contribution is 0.0761. The molecule has 0 bridgehead atoms. The van der Waals surface area contributed by atoms with Crippen molar-refractivity contribution >= 4 is 27.3 Å². The van der Waals surface area contributed by atoms with Crippen molar-refractivity contribution in [2.45, 2.75) is 33.4 Å². The van der Waals surface area contributed by atoms with Crippen molar-refractivity contribution in [1.29, 1.82) is 0 Å². The Morgan fingerprint density at radius 3 is 2.71 bits per heavy atom. The highest BCUT2D eigenvalue weighted by Gasteiger charge is 2.13. The number of ether oxygens (including phenoxy) is 1. The van der Waals surface area contributed by atoms with Crippen LogP contribution in [0.2, 0.25) is 0 Å². The fourth-order valence-corrected chi connectivity index (χ4v) is 3.43. The summed E-state index contributed by atoms with van der Waals surface area (Å²) in [4.78, 5) is 9.22. The molecule has 1 unspecified atom stereocenters. The molecule has 7 heteroatoms. The maximum atomic E-state index is 5.60. The van der Waals surface area contributed by atoms with Gasteiger partial charge in [0, 0.05) is 22.0 Å². The molecule has 126 valence electrons. The van der Waals surface area contributed by atoms with Crippen molar-refractivity contribution in [2.24, 2.45) is 0 Å². The van der Waals surface area contributed by atoms with Crippen LogP contribution in [0.15, 0.2) is 34.1 Å². The third-order valence-corrected chi connectivity index (χ3v) is 5.19. The van der Waals surface area contributed by atoms with Crippen LogP contribution in [0.25, 0.3) is 11.4 Å². The summed E-state index contributed by atoms with van der Waals surface area (Å²) in [5.41, 5.74) is 1.99. The van der Waals surface area contributed by atoms with Crippen molar-refractivity contribution in [3.8, 4) is 11.4 Å². The molecule has 2 aromatic heterocycles. The van der Waals surface area contributed by atoms with Gasteiger partial charge in [0.15, 0.2) is 5.82 Å². The zero-order chi connectivity index (χ0) is 17.1. The Morgan fingerprint density at radius 1 is 1.25 bits per heavy atom. The molecule has 0 amide bonds. The molecule has 5 nitrogen and oxygen atoms in total. The third kappa shape index (κ3) is 3.91. The Labute approximate surface area is 153 Å². The molecule has 1 aromatic carbocycles. The molecule has 0 saturated heterocycles. The largest absolute Gasteiger partial charge is 0.372 e. The summed E-state index contributed by atoms with van der Waals surface area (Å²) in [6.07, 6.45) is 0.0314. The van der Waals surface area contributed by atoms with Gasteiger partial charge in [0.1, 0.15) is 16.9 Å². The Bertz CT molecular complexity index is 812. The lowest BCUT2D eigenvalue weighted by Gasteiger charge is -2.07. The smallest absolute Gasteiger partial charge is 0.181 e. The van der Waals surface area contributed by atoms with E-state index in [1.165, 1.54) is 0 Å². The van der Waals surface area contributed by atoms with E-state index >= 15 is 0 Å². The van der Waals surface area contributed by atoms with Crippen molar-refractivity contribution < 1.29 is 4.74 Å². The van der Waals surface area contributed by atoms with E-state index in [0.29, 0.717) is 13.2 Å². The zero-order valence-electron chi connectivity index (χ0n) is 13.9. The van der Waals surface area contributed by atoms with Gasteiger partial charge < -0.3 is 4.74 Å². The quantitative estimate of drug-likeness (QED) is 0.599. The van der Waals surface area contributed by atoms with E-state index in [0.717, 1.165) is 32.4 Å². The molecule has 2 heterocycles. The first-order valence-electron chi connectivity index (χ1n) is 7.80. The number of benzene rings is 1. The summed E-state index contributed by atoms with van der Waals surface area (Å²) in [6, 6.07) is 8.00. The Kier molecular flexibility index (Phi) is 5.43. The molecule has 0 aliphatic rings. The Hall–Kier alpha value is -1.57. The number of halogens is 1. The topological polar surface area (TPSA) is 52.8 Å². The molecular formula is C17H19BrN4OS. The standard InChI is InChI=1S/C17H19BrN4OS/c1-4-23-11(2)17-20-15(10-24-17)9-22-12(3)19-16(21-22)13-5-7-14(18)8-6-13/h5-8,10-11H,4,9H2,1-3H3. The first-order chi connectivity index (χ1) is 11.6. The maximum Gasteiger partial charge on any atom is 0.181 e. The fourth-order valence-electron chi connectivity index (χ4n) is 2.35. The van der Waals surface area contributed by atoms with Gasteiger partial charge in [0.05, 0.1) is 12.2 Å². The number of aromatic nitrogens is 4.